The molecule has 1 unspecified atom stereocenters. The SMILES string of the molecule is NC(=O)c1ncn(C2CCCN(Cc3ccc(F)c(F)c3)C2)n1. The van der Waals surface area contributed by atoms with Gasteiger partial charge in [-0.1, -0.05) is 6.07 Å². The Morgan fingerprint density at radius 2 is 2.17 bits per heavy atom. The number of hydrogen-bond acceptors (Lipinski definition) is 4. The Morgan fingerprint density at radius 3 is 2.87 bits per heavy atom. The third kappa shape index (κ3) is 3.53. The minimum atomic E-state index is -0.841. The lowest BCUT2D eigenvalue weighted by Crippen LogP contribution is -2.36. The topological polar surface area (TPSA) is 77.0 Å². The van der Waals surface area contributed by atoms with E-state index >= 15 is 0 Å². The van der Waals surface area contributed by atoms with Crippen LogP contribution >= 0.6 is 0 Å². The molecule has 1 aliphatic rings. The van der Waals surface area contributed by atoms with Crippen molar-refractivity contribution in [2.75, 3.05) is 13.1 Å². The Hall–Kier alpha value is -2.35. The van der Waals surface area contributed by atoms with Gasteiger partial charge < -0.3 is 5.73 Å². The molecular formula is C15H17F2N5O. The largest absolute Gasteiger partial charge is 0.363 e. The number of benzene rings is 1. The second kappa shape index (κ2) is 6.41. The summed E-state index contributed by atoms with van der Waals surface area (Å²) in [6.45, 7) is 2.10. The lowest BCUT2D eigenvalue weighted by atomic mass is 10.0. The Labute approximate surface area is 131 Å². The molecule has 1 amide bonds. The second-order valence-electron chi connectivity index (χ2n) is 5.69. The van der Waals surface area contributed by atoms with Crippen molar-refractivity contribution in [2.45, 2.75) is 25.4 Å². The summed E-state index contributed by atoms with van der Waals surface area (Å²) in [5.41, 5.74) is 5.88. The lowest BCUT2D eigenvalue weighted by molar-refractivity contribution is 0.0989. The zero-order valence-electron chi connectivity index (χ0n) is 12.5. The first-order valence-corrected chi connectivity index (χ1v) is 7.40. The van der Waals surface area contributed by atoms with Crippen LogP contribution in [0.2, 0.25) is 0 Å². The van der Waals surface area contributed by atoms with Crippen molar-refractivity contribution < 1.29 is 13.6 Å². The predicted molar refractivity (Wildman–Crippen MR) is 78.4 cm³/mol. The molecule has 0 spiro atoms. The lowest BCUT2D eigenvalue weighted by Gasteiger charge is -2.32. The van der Waals surface area contributed by atoms with Crippen molar-refractivity contribution in [2.24, 2.45) is 5.73 Å². The van der Waals surface area contributed by atoms with E-state index in [1.54, 1.807) is 10.7 Å². The molecule has 2 aromatic rings. The number of aromatic nitrogens is 3. The molecule has 6 nitrogen and oxygen atoms in total. The molecule has 8 heteroatoms. The van der Waals surface area contributed by atoms with Crippen LogP contribution in [0.3, 0.4) is 0 Å². The average Bonchev–Trinajstić information content (AvgIpc) is 3.01. The summed E-state index contributed by atoms with van der Waals surface area (Å²) in [7, 11) is 0. The van der Waals surface area contributed by atoms with Crippen LogP contribution in [0.5, 0.6) is 0 Å². The third-order valence-electron chi connectivity index (χ3n) is 3.97. The fourth-order valence-electron chi connectivity index (χ4n) is 2.85. The number of nitrogens with zero attached hydrogens (tertiary/aromatic N) is 4. The van der Waals surface area contributed by atoms with Gasteiger partial charge in [-0.25, -0.2) is 18.4 Å². The van der Waals surface area contributed by atoms with Crippen molar-refractivity contribution in [3.05, 3.63) is 47.5 Å². The fourth-order valence-corrected chi connectivity index (χ4v) is 2.85. The molecule has 1 aliphatic heterocycles. The predicted octanol–water partition coefficient (Wildman–Crippen LogP) is 1.49. The van der Waals surface area contributed by atoms with E-state index in [0.29, 0.717) is 13.1 Å². The van der Waals surface area contributed by atoms with E-state index in [2.05, 4.69) is 15.0 Å². The first kappa shape index (κ1) is 15.5. The summed E-state index contributed by atoms with van der Waals surface area (Å²) in [6.07, 6.45) is 3.36. The molecule has 0 saturated carbocycles. The highest BCUT2D eigenvalue weighted by molar-refractivity contribution is 5.88. The Balaban J connectivity index is 1.67. The Bertz CT molecular complexity index is 718. The van der Waals surface area contributed by atoms with Crippen molar-refractivity contribution in [3.63, 3.8) is 0 Å². The van der Waals surface area contributed by atoms with Crippen molar-refractivity contribution in [1.82, 2.24) is 19.7 Å². The molecule has 0 aliphatic carbocycles. The van der Waals surface area contributed by atoms with Gasteiger partial charge in [-0.05, 0) is 37.1 Å². The van der Waals surface area contributed by atoms with E-state index in [1.807, 2.05) is 0 Å². The summed E-state index contributed by atoms with van der Waals surface area (Å²) in [4.78, 5) is 17.1. The number of halogens is 2. The minimum absolute atomic E-state index is 0.00253. The van der Waals surface area contributed by atoms with Gasteiger partial charge in [0.15, 0.2) is 11.6 Å². The monoisotopic (exact) mass is 321 g/mol. The van der Waals surface area contributed by atoms with Crippen LogP contribution in [0, 0.1) is 11.6 Å². The van der Waals surface area contributed by atoms with E-state index in [9.17, 15) is 13.6 Å². The third-order valence-corrected chi connectivity index (χ3v) is 3.97. The number of primary amides is 1. The number of carbonyl (C=O) groups is 1. The highest BCUT2D eigenvalue weighted by Gasteiger charge is 2.23. The molecule has 0 radical (unpaired) electrons. The zero-order chi connectivity index (χ0) is 16.4. The van der Waals surface area contributed by atoms with Gasteiger partial charge in [0.1, 0.15) is 6.33 Å². The number of amides is 1. The van der Waals surface area contributed by atoms with Crippen LogP contribution in [0.15, 0.2) is 24.5 Å². The van der Waals surface area contributed by atoms with E-state index in [-0.39, 0.29) is 11.9 Å². The first-order valence-electron chi connectivity index (χ1n) is 7.40. The van der Waals surface area contributed by atoms with Gasteiger partial charge in [-0.3, -0.25) is 9.69 Å². The molecule has 1 fully saturated rings. The van der Waals surface area contributed by atoms with Crippen LogP contribution in [-0.2, 0) is 6.54 Å². The van der Waals surface area contributed by atoms with Crippen LogP contribution in [0.25, 0.3) is 0 Å². The number of piperidine rings is 1. The molecule has 0 bridgehead atoms. The van der Waals surface area contributed by atoms with Crippen LogP contribution in [0.4, 0.5) is 8.78 Å². The highest BCUT2D eigenvalue weighted by atomic mass is 19.2. The van der Waals surface area contributed by atoms with E-state index in [1.165, 1.54) is 12.4 Å². The maximum atomic E-state index is 13.3. The minimum Gasteiger partial charge on any atom is -0.363 e. The Morgan fingerprint density at radius 1 is 1.35 bits per heavy atom. The average molecular weight is 321 g/mol. The van der Waals surface area contributed by atoms with Crippen LogP contribution < -0.4 is 5.73 Å². The number of carbonyl (C=O) groups excluding carboxylic acids is 1. The maximum absolute atomic E-state index is 13.3. The van der Waals surface area contributed by atoms with Gasteiger partial charge in [-0.2, -0.15) is 0 Å². The fraction of sp³-hybridized carbons (Fsp3) is 0.400. The molecule has 1 aromatic heterocycles. The van der Waals surface area contributed by atoms with Crippen LogP contribution in [-0.4, -0.2) is 38.7 Å². The van der Waals surface area contributed by atoms with Crippen molar-refractivity contribution in [3.8, 4) is 0 Å². The molecule has 1 saturated heterocycles. The smallest absolute Gasteiger partial charge is 0.288 e. The molecule has 2 N–H and O–H groups in total. The van der Waals surface area contributed by atoms with Crippen molar-refractivity contribution in [1.29, 1.82) is 0 Å². The molecule has 122 valence electrons. The maximum Gasteiger partial charge on any atom is 0.288 e. The van der Waals surface area contributed by atoms with Gasteiger partial charge in [0, 0.05) is 13.1 Å². The van der Waals surface area contributed by atoms with E-state index in [0.717, 1.165) is 31.0 Å². The number of hydrogen-bond donors (Lipinski definition) is 1. The van der Waals surface area contributed by atoms with Crippen LogP contribution in [0.1, 0.15) is 35.1 Å². The van der Waals surface area contributed by atoms with Gasteiger partial charge in [-0.15, -0.1) is 5.10 Å². The standard InChI is InChI=1S/C15H17F2N5O/c16-12-4-3-10(6-13(12)17)7-21-5-1-2-11(8-21)22-9-19-15(20-22)14(18)23/h3-4,6,9,11H,1-2,5,7-8H2,(H2,18,23). The molecule has 1 atom stereocenters. The summed E-state index contributed by atoms with van der Waals surface area (Å²) in [5, 5.41) is 4.10. The van der Waals surface area contributed by atoms with E-state index in [4.69, 9.17) is 5.73 Å². The number of likely N-dealkylation sites (tertiary alicyclic amines) is 1. The molecule has 3 rings (SSSR count). The number of nitrogens with two attached hydrogens (primary N) is 1. The summed E-state index contributed by atoms with van der Waals surface area (Å²) >= 11 is 0. The molecule has 2 heterocycles. The molecular weight excluding hydrogens is 304 g/mol. The van der Waals surface area contributed by atoms with Gasteiger partial charge >= 0.3 is 0 Å². The molecule has 1 aromatic carbocycles. The van der Waals surface area contributed by atoms with E-state index < -0.39 is 17.5 Å². The van der Waals surface area contributed by atoms with Gasteiger partial charge in [0.2, 0.25) is 5.82 Å². The molecule has 23 heavy (non-hydrogen) atoms. The van der Waals surface area contributed by atoms with Gasteiger partial charge in [0.25, 0.3) is 5.91 Å². The van der Waals surface area contributed by atoms with Crippen molar-refractivity contribution >= 4 is 5.91 Å². The zero-order valence-corrected chi connectivity index (χ0v) is 12.5. The summed E-state index contributed by atoms with van der Waals surface area (Å²) in [5.74, 6) is -2.33. The number of rotatable bonds is 4. The quantitative estimate of drug-likeness (QED) is 0.925. The second-order valence-corrected chi connectivity index (χ2v) is 5.69. The highest BCUT2D eigenvalue weighted by Crippen LogP contribution is 2.22. The Kier molecular flexibility index (Phi) is 4.33. The first-order chi connectivity index (χ1) is 11.0. The summed E-state index contributed by atoms with van der Waals surface area (Å²) < 4.78 is 27.9. The summed E-state index contributed by atoms with van der Waals surface area (Å²) in [6, 6.07) is 4.03. The normalized spacial score (nSPS) is 19.0. The van der Waals surface area contributed by atoms with Gasteiger partial charge in [0.05, 0.1) is 6.04 Å².